The number of nitrogens with two attached hydrogens (primary N) is 1. The zero-order valence-electron chi connectivity index (χ0n) is 13.7. The van der Waals surface area contributed by atoms with Gasteiger partial charge >= 0.3 is 0 Å². The third kappa shape index (κ3) is 3.97. The second kappa shape index (κ2) is 7.62. The van der Waals surface area contributed by atoms with E-state index in [1.807, 2.05) is 35.1 Å². The molecule has 2 N–H and O–H groups in total. The second-order valence-corrected chi connectivity index (χ2v) is 7.10. The normalized spacial score (nSPS) is 10.8. The van der Waals surface area contributed by atoms with Crippen molar-refractivity contribution >= 4 is 29.0 Å². The van der Waals surface area contributed by atoms with Crippen LogP contribution in [0.2, 0.25) is 0 Å². The lowest BCUT2D eigenvalue weighted by atomic mass is 10.1. The first-order chi connectivity index (χ1) is 12.1. The molecule has 0 spiro atoms. The molecule has 0 saturated carbocycles. The summed E-state index contributed by atoms with van der Waals surface area (Å²) in [5.74, 6) is 1.16. The Morgan fingerprint density at radius 2 is 2.12 bits per heavy atom. The van der Waals surface area contributed by atoms with Crippen molar-refractivity contribution < 1.29 is 4.79 Å². The molecule has 0 aliphatic carbocycles. The Hall–Kier alpha value is -2.45. The van der Waals surface area contributed by atoms with Gasteiger partial charge in [-0.05, 0) is 19.1 Å². The number of aryl methyl sites for hydroxylation is 1. The highest BCUT2D eigenvalue weighted by Crippen LogP contribution is 2.27. The summed E-state index contributed by atoms with van der Waals surface area (Å²) in [5.41, 5.74) is 7.71. The monoisotopic (exact) mass is 371 g/mol. The highest BCUT2D eigenvalue weighted by Gasteiger charge is 2.11. The van der Waals surface area contributed by atoms with Crippen molar-refractivity contribution in [2.75, 3.05) is 0 Å². The van der Waals surface area contributed by atoms with Gasteiger partial charge in [0.2, 0.25) is 5.91 Å². The van der Waals surface area contributed by atoms with Gasteiger partial charge in [-0.25, -0.2) is 4.98 Å². The molecule has 0 aliphatic heterocycles. The molecule has 0 unspecified atom stereocenters. The fourth-order valence-electron chi connectivity index (χ4n) is 2.23. The summed E-state index contributed by atoms with van der Waals surface area (Å²) in [6, 6.07) is 7.15. The van der Waals surface area contributed by atoms with E-state index in [2.05, 4.69) is 21.8 Å². The molecular formula is C17H17N5OS2. The topological polar surface area (TPSA) is 86.7 Å². The summed E-state index contributed by atoms with van der Waals surface area (Å²) in [7, 11) is 0. The maximum atomic E-state index is 11.1. The van der Waals surface area contributed by atoms with E-state index >= 15 is 0 Å². The Bertz CT molecular complexity index is 898. The molecule has 2 aromatic heterocycles. The van der Waals surface area contributed by atoms with Crippen LogP contribution in [0, 0.1) is 6.92 Å². The van der Waals surface area contributed by atoms with Crippen LogP contribution in [0.1, 0.15) is 21.9 Å². The lowest BCUT2D eigenvalue weighted by Gasteiger charge is -2.03. The second-order valence-electron chi connectivity index (χ2n) is 5.30. The highest BCUT2D eigenvalue weighted by molar-refractivity contribution is 7.98. The number of carbonyl (C=O) groups excluding carboxylic acids is 1. The van der Waals surface area contributed by atoms with E-state index in [4.69, 9.17) is 5.73 Å². The van der Waals surface area contributed by atoms with E-state index in [0.29, 0.717) is 17.9 Å². The lowest BCUT2D eigenvalue weighted by molar-refractivity contribution is 0.100. The quantitative estimate of drug-likeness (QED) is 0.509. The van der Waals surface area contributed by atoms with Gasteiger partial charge in [-0.15, -0.1) is 28.1 Å². The molecular weight excluding hydrogens is 354 g/mol. The molecule has 0 radical (unpaired) electrons. The summed E-state index contributed by atoms with van der Waals surface area (Å²) >= 11 is 3.17. The molecule has 0 fully saturated rings. The Balaban J connectivity index is 1.70. The van der Waals surface area contributed by atoms with Gasteiger partial charge in [-0.2, -0.15) is 0 Å². The van der Waals surface area contributed by atoms with E-state index in [1.165, 1.54) is 0 Å². The van der Waals surface area contributed by atoms with Gasteiger partial charge in [0.05, 0.1) is 5.69 Å². The van der Waals surface area contributed by atoms with Crippen molar-refractivity contribution in [3.63, 3.8) is 0 Å². The van der Waals surface area contributed by atoms with E-state index in [0.717, 1.165) is 27.2 Å². The van der Waals surface area contributed by atoms with Gasteiger partial charge < -0.3 is 10.3 Å². The highest BCUT2D eigenvalue weighted by atomic mass is 32.2. The number of carbonyl (C=O) groups is 1. The molecule has 3 rings (SSSR count). The number of aromatic nitrogens is 4. The van der Waals surface area contributed by atoms with Crippen LogP contribution < -0.4 is 5.73 Å². The van der Waals surface area contributed by atoms with Gasteiger partial charge in [0.15, 0.2) is 5.16 Å². The third-order valence-electron chi connectivity index (χ3n) is 3.53. The molecule has 1 amide bonds. The van der Waals surface area contributed by atoms with Crippen molar-refractivity contribution in [1.29, 1.82) is 0 Å². The largest absolute Gasteiger partial charge is 0.366 e. The van der Waals surface area contributed by atoms with Gasteiger partial charge in [0, 0.05) is 28.8 Å². The Labute approximate surface area is 153 Å². The average molecular weight is 371 g/mol. The van der Waals surface area contributed by atoms with Crippen LogP contribution in [0.4, 0.5) is 0 Å². The van der Waals surface area contributed by atoms with Gasteiger partial charge in [-0.1, -0.05) is 30.0 Å². The van der Waals surface area contributed by atoms with Crippen molar-refractivity contribution in [3.05, 3.63) is 59.4 Å². The number of nitrogens with zero attached hydrogens (tertiary/aromatic N) is 4. The average Bonchev–Trinajstić information content (AvgIpc) is 3.21. The molecule has 0 saturated heterocycles. The number of benzene rings is 1. The van der Waals surface area contributed by atoms with Crippen LogP contribution in [-0.4, -0.2) is 25.7 Å². The zero-order valence-corrected chi connectivity index (χ0v) is 15.3. The maximum Gasteiger partial charge on any atom is 0.248 e. The van der Waals surface area contributed by atoms with Crippen LogP contribution in [0.15, 0.2) is 47.5 Å². The smallest absolute Gasteiger partial charge is 0.248 e. The van der Waals surface area contributed by atoms with Crippen LogP contribution in [0.3, 0.4) is 0 Å². The molecule has 2 heterocycles. The van der Waals surface area contributed by atoms with E-state index < -0.39 is 5.91 Å². The Morgan fingerprint density at radius 1 is 1.36 bits per heavy atom. The predicted octanol–water partition coefficient (Wildman–Crippen LogP) is 3.29. The number of primary amides is 1. The van der Waals surface area contributed by atoms with Crippen molar-refractivity contribution in [2.24, 2.45) is 5.73 Å². The maximum absolute atomic E-state index is 11.1. The molecule has 8 heteroatoms. The van der Waals surface area contributed by atoms with E-state index in [1.54, 1.807) is 35.2 Å². The predicted molar refractivity (Wildman–Crippen MR) is 101 cm³/mol. The number of rotatable bonds is 7. The molecule has 3 aromatic rings. The Kier molecular flexibility index (Phi) is 5.30. The summed E-state index contributed by atoms with van der Waals surface area (Å²) < 4.78 is 2.02. The summed E-state index contributed by atoms with van der Waals surface area (Å²) in [4.78, 5) is 15.8. The summed E-state index contributed by atoms with van der Waals surface area (Å²) in [5, 5.41) is 12.1. The zero-order chi connectivity index (χ0) is 17.8. The molecule has 128 valence electrons. The molecule has 0 atom stereocenters. The first-order valence-electron chi connectivity index (χ1n) is 7.56. The lowest BCUT2D eigenvalue weighted by Crippen LogP contribution is -2.10. The minimum atomic E-state index is -0.429. The minimum Gasteiger partial charge on any atom is -0.366 e. The number of thiazole rings is 1. The van der Waals surface area contributed by atoms with Crippen LogP contribution in [0.5, 0.6) is 0 Å². The van der Waals surface area contributed by atoms with Gasteiger partial charge in [0.1, 0.15) is 10.8 Å². The van der Waals surface area contributed by atoms with Gasteiger partial charge in [0.25, 0.3) is 0 Å². The number of amides is 1. The molecule has 25 heavy (non-hydrogen) atoms. The fourth-order valence-corrected chi connectivity index (χ4v) is 4.05. The Morgan fingerprint density at radius 3 is 2.80 bits per heavy atom. The number of thioether (sulfide) groups is 1. The summed E-state index contributed by atoms with van der Waals surface area (Å²) in [6.07, 6.45) is 1.83. The standard InChI is InChI=1S/C17H17N5OS2/c1-3-8-22-11(2)20-21-17(22)25-10-14-9-24-16(19-14)13-6-4-12(5-7-13)15(18)23/h3-7,9H,1,8,10H2,2H3,(H2,18,23). The third-order valence-corrected chi connectivity index (χ3v) is 5.47. The van der Waals surface area contributed by atoms with Crippen LogP contribution >= 0.6 is 23.1 Å². The number of hydrogen-bond donors (Lipinski definition) is 1. The molecule has 0 bridgehead atoms. The fraction of sp³-hybridized carbons (Fsp3) is 0.176. The van der Waals surface area contributed by atoms with E-state index in [9.17, 15) is 4.79 Å². The van der Waals surface area contributed by atoms with Crippen molar-refractivity contribution in [1.82, 2.24) is 19.7 Å². The van der Waals surface area contributed by atoms with Crippen molar-refractivity contribution in [3.8, 4) is 10.6 Å². The van der Waals surface area contributed by atoms with Gasteiger partial charge in [-0.3, -0.25) is 4.79 Å². The van der Waals surface area contributed by atoms with E-state index in [-0.39, 0.29) is 0 Å². The SMILES string of the molecule is C=CCn1c(C)nnc1SCc1csc(-c2ccc(C(N)=O)cc2)n1. The molecule has 1 aromatic carbocycles. The van der Waals surface area contributed by atoms with Crippen molar-refractivity contribution in [2.45, 2.75) is 24.4 Å². The minimum absolute atomic E-state index is 0.429. The van der Waals surface area contributed by atoms with Crippen LogP contribution in [0.25, 0.3) is 10.6 Å². The molecule has 6 nitrogen and oxygen atoms in total. The first kappa shape index (κ1) is 17.4. The number of hydrogen-bond acceptors (Lipinski definition) is 6. The number of allylic oxidation sites excluding steroid dienone is 1. The molecule has 0 aliphatic rings. The summed E-state index contributed by atoms with van der Waals surface area (Å²) in [6.45, 7) is 6.38. The van der Waals surface area contributed by atoms with Crippen LogP contribution in [-0.2, 0) is 12.3 Å². The first-order valence-corrected chi connectivity index (χ1v) is 9.43.